The Bertz CT molecular complexity index is 272. The van der Waals surface area contributed by atoms with E-state index in [0.717, 1.165) is 0 Å². The molecule has 1 N–H and O–H groups in total. The number of aliphatic hydroxyl groups is 1. The standard InChI is InChI=1S/C9H20O4S/c1-8(2,3)7-13-14(11,12)9(4,5)6-10/h10H,6-7H2,1-5H3. The van der Waals surface area contributed by atoms with E-state index in [0.29, 0.717) is 0 Å². The number of hydrogen-bond donors (Lipinski definition) is 1. The zero-order valence-corrected chi connectivity index (χ0v) is 10.3. The first kappa shape index (κ1) is 13.9. The van der Waals surface area contributed by atoms with Crippen LogP contribution in [-0.2, 0) is 14.3 Å². The predicted octanol–water partition coefficient (Wildman–Crippen LogP) is 1.15. The summed E-state index contributed by atoms with van der Waals surface area (Å²) >= 11 is 0. The van der Waals surface area contributed by atoms with Crippen LogP contribution in [0, 0.1) is 5.41 Å². The van der Waals surface area contributed by atoms with E-state index >= 15 is 0 Å². The van der Waals surface area contributed by atoms with Crippen molar-refractivity contribution in [3.63, 3.8) is 0 Å². The Morgan fingerprint density at radius 1 is 1.14 bits per heavy atom. The second-order valence-corrected chi connectivity index (χ2v) is 7.44. The summed E-state index contributed by atoms with van der Waals surface area (Å²) < 4.78 is 26.7. The summed E-state index contributed by atoms with van der Waals surface area (Å²) in [6.45, 7) is 8.20. The van der Waals surface area contributed by atoms with Crippen molar-refractivity contribution in [2.45, 2.75) is 39.4 Å². The number of rotatable bonds is 4. The van der Waals surface area contributed by atoms with Crippen LogP contribution in [-0.4, -0.2) is 31.5 Å². The first-order valence-corrected chi connectivity index (χ1v) is 5.92. The van der Waals surface area contributed by atoms with E-state index < -0.39 is 21.5 Å². The molecule has 14 heavy (non-hydrogen) atoms. The molecule has 4 nitrogen and oxygen atoms in total. The zero-order valence-electron chi connectivity index (χ0n) is 9.49. The van der Waals surface area contributed by atoms with Crippen molar-refractivity contribution in [1.29, 1.82) is 0 Å². The van der Waals surface area contributed by atoms with Gasteiger partial charge < -0.3 is 5.11 Å². The molecule has 0 atom stereocenters. The Morgan fingerprint density at radius 2 is 1.57 bits per heavy atom. The van der Waals surface area contributed by atoms with Crippen LogP contribution in [0.4, 0.5) is 0 Å². The van der Waals surface area contributed by atoms with E-state index in [4.69, 9.17) is 9.29 Å². The molecule has 0 spiro atoms. The van der Waals surface area contributed by atoms with E-state index in [2.05, 4.69) is 0 Å². The highest BCUT2D eigenvalue weighted by Gasteiger charge is 2.35. The lowest BCUT2D eigenvalue weighted by Crippen LogP contribution is -2.38. The SMILES string of the molecule is CC(C)(C)COS(=O)(=O)C(C)(C)CO. The van der Waals surface area contributed by atoms with Gasteiger partial charge in [-0.3, -0.25) is 4.18 Å². The molecular weight excluding hydrogens is 204 g/mol. The average Bonchev–Trinajstić information content (AvgIpc) is 1.99. The van der Waals surface area contributed by atoms with Gasteiger partial charge in [0.25, 0.3) is 10.1 Å². The van der Waals surface area contributed by atoms with Crippen molar-refractivity contribution >= 4 is 10.1 Å². The minimum atomic E-state index is -3.69. The molecule has 0 bridgehead atoms. The van der Waals surface area contributed by atoms with Crippen molar-refractivity contribution < 1.29 is 17.7 Å². The van der Waals surface area contributed by atoms with Gasteiger partial charge in [0.1, 0.15) is 4.75 Å². The molecule has 0 saturated heterocycles. The van der Waals surface area contributed by atoms with Crippen LogP contribution >= 0.6 is 0 Å². The Balaban J connectivity index is 4.53. The van der Waals surface area contributed by atoms with Gasteiger partial charge in [-0.15, -0.1) is 0 Å². The minimum Gasteiger partial charge on any atom is -0.395 e. The van der Waals surface area contributed by atoms with Crippen molar-refractivity contribution in [3.8, 4) is 0 Å². The maximum Gasteiger partial charge on any atom is 0.274 e. The van der Waals surface area contributed by atoms with Gasteiger partial charge in [-0.1, -0.05) is 20.8 Å². The predicted molar refractivity (Wildman–Crippen MR) is 55.5 cm³/mol. The van der Waals surface area contributed by atoms with Crippen molar-refractivity contribution in [2.24, 2.45) is 5.41 Å². The fourth-order valence-corrected chi connectivity index (χ4v) is 1.48. The van der Waals surface area contributed by atoms with Gasteiger partial charge in [0.15, 0.2) is 0 Å². The molecule has 0 aliphatic rings. The van der Waals surface area contributed by atoms with Crippen LogP contribution in [0.25, 0.3) is 0 Å². The lowest BCUT2D eigenvalue weighted by atomic mass is 9.99. The van der Waals surface area contributed by atoms with E-state index in [1.54, 1.807) is 0 Å². The van der Waals surface area contributed by atoms with Crippen LogP contribution in [0.15, 0.2) is 0 Å². The second kappa shape index (κ2) is 4.16. The molecule has 0 aromatic carbocycles. The molecular formula is C9H20O4S. The fraction of sp³-hybridized carbons (Fsp3) is 1.00. The Hall–Kier alpha value is -0.130. The summed E-state index contributed by atoms with van der Waals surface area (Å²) in [4.78, 5) is 0. The summed E-state index contributed by atoms with van der Waals surface area (Å²) in [5, 5.41) is 8.90. The quantitative estimate of drug-likeness (QED) is 0.728. The maximum absolute atomic E-state index is 11.5. The second-order valence-electron chi connectivity index (χ2n) is 5.19. The smallest absolute Gasteiger partial charge is 0.274 e. The number of aliphatic hydroxyl groups excluding tert-OH is 1. The van der Waals surface area contributed by atoms with Crippen molar-refractivity contribution in [1.82, 2.24) is 0 Å². The Morgan fingerprint density at radius 3 is 1.86 bits per heavy atom. The third kappa shape index (κ3) is 3.94. The normalized spacial score (nSPS) is 14.4. The van der Waals surface area contributed by atoms with Gasteiger partial charge in [-0.05, 0) is 19.3 Å². The maximum atomic E-state index is 11.5. The van der Waals surface area contributed by atoms with Gasteiger partial charge >= 0.3 is 0 Å². The molecule has 0 radical (unpaired) electrons. The third-order valence-electron chi connectivity index (χ3n) is 1.70. The average molecular weight is 224 g/mol. The largest absolute Gasteiger partial charge is 0.395 e. The molecule has 0 amide bonds. The fourth-order valence-electron chi connectivity index (χ4n) is 0.493. The molecule has 0 fully saturated rings. The van der Waals surface area contributed by atoms with Gasteiger partial charge in [0.2, 0.25) is 0 Å². The minimum absolute atomic E-state index is 0.124. The van der Waals surface area contributed by atoms with Crippen LogP contribution in [0.1, 0.15) is 34.6 Å². The zero-order chi connectivity index (χ0) is 11.6. The van der Waals surface area contributed by atoms with E-state index in [1.807, 2.05) is 20.8 Å². The van der Waals surface area contributed by atoms with Gasteiger partial charge in [-0.25, -0.2) is 0 Å². The van der Waals surface area contributed by atoms with E-state index in [9.17, 15) is 8.42 Å². The number of hydrogen-bond acceptors (Lipinski definition) is 4. The highest BCUT2D eigenvalue weighted by molar-refractivity contribution is 7.88. The van der Waals surface area contributed by atoms with Crippen LogP contribution in [0.3, 0.4) is 0 Å². The first-order chi connectivity index (χ1) is 6.02. The van der Waals surface area contributed by atoms with E-state index in [1.165, 1.54) is 13.8 Å². The van der Waals surface area contributed by atoms with E-state index in [-0.39, 0.29) is 12.0 Å². The Labute approximate surface area is 86.4 Å². The topological polar surface area (TPSA) is 63.6 Å². The van der Waals surface area contributed by atoms with Crippen LogP contribution in [0.5, 0.6) is 0 Å². The monoisotopic (exact) mass is 224 g/mol. The molecule has 5 heteroatoms. The highest BCUT2D eigenvalue weighted by atomic mass is 32.2. The molecule has 0 aromatic rings. The van der Waals surface area contributed by atoms with Crippen LogP contribution < -0.4 is 0 Å². The summed E-state index contributed by atoms with van der Waals surface area (Å²) in [5.41, 5.74) is -0.210. The van der Waals surface area contributed by atoms with Crippen molar-refractivity contribution in [2.75, 3.05) is 13.2 Å². The van der Waals surface area contributed by atoms with Gasteiger partial charge in [0, 0.05) is 0 Å². The molecule has 0 aromatic heterocycles. The molecule has 0 heterocycles. The molecule has 86 valence electrons. The van der Waals surface area contributed by atoms with Gasteiger partial charge in [0.05, 0.1) is 13.2 Å². The molecule has 0 saturated carbocycles. The first-order valence-electron chi connectivity index (χ1n) is 4.52. The summed E-state index contributed by atoms with van der Waals surface area (Å²) in [7, 11) is -3.69. The molecule has 0 rings (SSSR count). The van der Waals surface area contributed by atoms with Crippen molar-refractivity contribution in [3.05, 3.63) is 0 Å². The highest BCUT2D eigenvalue weighted by Crippen LogP contribution is 2.21. The lowest BCUT2D eigenvalue weighted by Gasteiger charge is -2.24. The summed E-state index contributed by atoms with van der Waals surface area (Å²) in [6, 6.07) is 0. The summed E-state index contributed by atoms with van der Waals surface area (Å²) in [5.74, 6) is 0. The van der Waals surface area contributed by atoms with Crippen LogP contribution in [0.2, 0.25) is 0 Å². The van der Waals surface area contributed by atoms with Gasteiger partial charge in [-0.2, -0.15) is 8.42 Å². The Kier molecular flexibility index (Phi) is 4.12. The lowest BCUT2D eigenvalue weighted by molar-refractivity contribution is 0.184. The molecule has 0 aliphatic carbocycles. The summed E-state index contributed by atoms with van der Waals surface area (Å²) in [6.07, 6.45) is 0. The molecule has 0 aliphatic heterocycles. The molecule has 0 unspecified atom stereocenters. The third-order valence-corrected chi connectivity index (χ3v) is 3.62.